The van der Waals surface area contributed by atoms with Crippen LogP contribution in [0.1, 0.15) is 33.4 Å². The second-order valence-corrected chi connectivity index (χ2v) is 16.2. The van der Waals surface area contributed by atoms with E-state index in [2.05, 4.69) is 0 Å². The maximum Gasteiger partial charge on any atom is 0.187 e. The Kier molecular flexibility index (Phi) is 17.4. The van der Waals surface area contributed by atoms with Gasteiger partial charge in [0.05, 0.1) is 52.9 Å². The maximum atomic E-state index is 12.0. The molecule has 11 heteroatoms. The van der Waals surface area contributed by atoms with Crippen molar-refractivity contribution in [2.24, 2.45) is 0 Å². The van der Waals surface area contributed by atoms with Crippen LogP contribution in [0, 0.1) is 0 Å². The van der Waals surface area contributed by atoms with Gasteiger partial charge in [-0.05, 0) is 33.4 Å². The van der Waals surface area contributed by atoms with Gasteiger partial charge in [0.2, 0.25) is 0 Å². The predicted octanol–water partition coefficient (Wildman–Crippen LogP) is 7.95. The highest BCUT2D eigenvalue weighted by Gasteiger charge is 2.51. The van der Waals surface area contributed by atoms with Crippen LogP contribution in [0.3, 0.4) is 0 Å². The summed E-state index contributed by atoms with van der Waals surface area (Å²) in [5.74, 6) is 0. The van der Waals surface area contributed by atoms with Crippen LogP contribution in [-0.4, -0.2) is 84.8 Å². The van der Waals surface area contributed by atoms with E-state index in [1.807, 2.05) is 182 Å². The molecule has 65 heavy (non-hydrogen) atoms. The van der Waals surface area contributed by atoms with Gasteiger partial charge >= 0.3 is 0 Å². The molecule has 11 nitrogen and oxygen atoms in total. The van der Waals surface area contributed by atoms with Gasteiger partial charge in [0.15, 0.2) is 12.6 Å². The zero-order valence-electron chi connectivity index (χ0n) is 36.3. The van der Waals surface area contributed by atoms with Crippen LogP contribution in [0.15, 0.2) is 182 Å². The lowest BCUT2D eigenvalue weighted by molar-refractivity contribution is -0.346. The van der Waals surface area contributed by atoms with Gasteiger partial charge in [-0.25, -0.2) is 0 Å². The molecule has 8 rings (SSSR count). The first kappa shape index (κ1) is 46.4. The molecule has 10 atom stereocenters. The highest BCUT2D eigenvalue weighted by atomic mass is 16.7. The number of ether oxygens (including phenoxy) is 9. The fourth-order valence-corrected chi connectivity index (χ4v) is 8.02. The molecule has 0 spiro atoms. The fourth-order valence-electron chi connectivity index (χ4n) is 8.02. The third-order valence-electron chi connectivity index (χ3n) is 11.5. The van der Waals surface area contributed by atoms with Crippen molar-refractivity contribution in [3.8, 4) is 0 Å². The highest BCUT2D eigenvalue weighted by molar-refractivity contribution is 5.18. The third-order valence-corrected chi connectivity index (χ3v) is 11.5. The summed E-state index contributed by atoms with van der Waals surface area (Å²) in [4.78, 5) is 0. The van der Waals surface area contributed by atoms with Crippen LogP contribution in [-0.2, 0) is 82.3 Å². The second-order valence-electron chi connectivity index (χ2n) is 16.2. The summed E-state index contributed by atoms with van der Waals surface area (Å²) < 4.78 is 59.0. The molecule has 0 bridgehead atoms. The van der Waals surface area contributed by atoms with Crippen molar-refractivity contribution in [1.29, 1.82) is 0 Å². The van der Waals surface area contributed by atoms with Gasteiger partial charge in [0, 0.05) is 0 Å². The van der Waals surface area contributed by atoms with Gasteiger partial charge in [0.1, 0.15) is 48.8 Å². The number of aliphatic hydroxyl groups is 2. The Balaban J connectivity index is 1.07. The molecule has 6 aromatic rings. The Labute approximate surface area is 381 Å². The summed E-state index contributed by atoms with van der Waals surface area (Å²) in [5.41, 5.74) is 5.64. The predicted molar refractivity (Wildman–Crippen MR) is 243 cm³/mol. The molecular formula is C54H58O11. The van der Waals surface area contributed by atoms with E-state index in [0.717, 1.165) is 33.4 Å². The number of rotatable bonds is 22. The van der Waals surface area contributed by atoms with E-state index >= 15 is 0 Å². The minimum absolute atomic E-state index is 0.0454. The van der Waals surface area contributed by atoms with E-state index in [4.69, 9.17) is 42.6 Å². The molecule has 2 aliphatic rings. The lowest BCUT2D eigenvalue weighted by atomic mass is 9.97. The van der Waals surface area contributed by atoms with Crippen LogP contribution in [0.4, 0.5) is 0 Å². The minimum atomic E-state index is -1.41. The topological polar surface area (TPSA) is 124 Å². The SMILES string of the molecule is OC1O[C@H](CO[C@H]2O[C@H](COCc3ccccc3)[C@H](O)[C@H](OCc3ccccc3)[C@H]2OCc2ccccc2)[C@@H](OCc2ccccc2)[C@H](OCc2ccccc2)[C@H]1OCc1ccccc1. The van der Waals surface area contributed by atoms with Crippen molar-refractivity contribution >= 4 is 0 Å². The molecule has 0 aliphatic carbocycles. The van der Waals surface area contributed by atoms with Gasteiger partial charge in [-0.2, -0.15) is 0 Å². The molecule has 2 N–H and O–H groups in total. The Hall–Kier alpha value is -5.12. The smallest absolute Gasteiger partial charge is 0.187 e. The summed E-state index contributed by atoms with van der Waals surface area (Å²) in [6, 6.07) is 58.7. The summed E-state index contributed by atoms with van der Waals surface area (Å²) in [7, 11) is 0. The van der Waals surface area contributed by atoms with Crippen molar-refractivity contribution in [2.75, 3.05) is 13.2 Å². The molecule has 2 saturated heterocycles. The largest absolute Gasteiger partial charge is 0.387 e. The van der Waals surface area contributed by atoms with Crippen LogP contribution in [0.2, 0.25) is 0 Å². The Morgan fingerprint density at radius 1 is 0.323 bits per heavy atom. The van der Waals surface area contributed by atoms with E-state index in [0.29, 0.717) is 6.61 Å². The number of aliphatic hydroxyl groups excluding tert-OH is 2. The summed E-state index contributed by atoms with van der Waals surface area (Å²) >= 11 is 0. The van der Waals surface area contributed by atoms with Gasteiger partial charge in [-0.3, -0.25) is 0 Å². The maximum absolute atomic E-state index is 12.0. The van der Waals surface area contributed by atoms with Gasteiger partial charge in [0.25, 0.3) is 0 Å². The van der Waals surface area contributed by atoms with E-state index in [9.17, 15) is 10.2 Å². The van der Waals surface area contributed by atoms with Crippen LogP contribution in [0.5, 0.6) is 0 Å². The summed E-state index contributed by atoms with van der Waals surface area (Å²) in [6.07, 6.45) is -9.73. The van der Waals surface area contributed by atoms with Crippen LogP contribution in [0.25, 0.3) is 0 Å². The molecule has 0 saturated carbocycles. The zero-order valence-corrected chi connectivity index (χ0v) is 36.3. The third kappa shape index (κ3) is 13.5. The first-order valence-electron chi connectivity index (χ1n) is 22.3. The van der Waals surface area contributed by atoms with Crippen LogP contribution >= 0.6 is 0 Å². The number of benzene rings is 6. The summed E-state index contributed by atoms with van der Waals surface area (Å²) in [5, 5.41) is 23.8. The first-order chi connectivity index (χ1) is 32.1. The molecule has 340 valence electrons. The average molecular weight is 883 g/mol. The van der Waals surface area contributed by atoms with Gasteiger partial charge in [-0.15, -0.1) is 0 Å². The van der Waals surface area contributed by atoms with E-state index in [-0.39, 0.29) is 46.2 Å². The molecule has 0 aromatic heterocycles. The first-order valence-corrected chi connectivity index (χ1v) is 22.3. The van der Waals surface area contributed by atoms with Crippen molar-refractivity contribution in [1.82, 2.24) is 0 Å². The number of hydrogen-bond acceptors (Lipinski definition) is 11. The van der Waals surface area contributed by atoms with E-state index in [1.165, 1.54) is 0 Å². The van der Waals surface area contributed by atoms with E-state index in [1.54, 1.807) is 0 Å². The lowest BCUT2D eigenvalue weighted by Crippen LogP contribution is -2.63. The number of hydrogen-bond donors (Lipinski definition) is 2. The van der Waals surface area contributed by atoms with E-state index < -0.39 is 61.4 Å². The normalized spacial score (nSPS) is 25.6. The Morgan fingerprint density at radius 2 is 0.677 bits per heavy atom. The van der Waals surface area contributed by atoms with Gasteiger partial charge in [-0.1, -0.05) is 182 Å². The Bertz CT molecular complexity index is 2210. The molecule has 0 amide bonds. The molecule has 2 heterocycles. The van der Waals surface area contributed by atoms with Crippen molar-refractivity contribution < 1.29 is 52.8 Å². The van der Waals surface area contributed by atoms with Gasteiger partial charge < -0.3 is 52.8 Å². The van der Waals surface area contributed by atoms with Crippen molar-refractivity contribution in [2.45, 2.75) is 101 Å². The fraction of sp³-hybridized carbons (Fsp3) is 0.333. The second kappa shape index (κ2) is 24.4. The molecule has 6 aromatic carbocycles. The molecule has 1 unspecified atom stereocenters. The standard InChI is InChI=1S/C54H58O11/c55-47-45(37-57-31-39-19-7-1-8-20-39)65-54(52(62-36-44-29-17-6-18-30-44)49(47)59-33-41-23-11-3-12-24-41)63-38-46-48(58-32-40-21-9-2-10-22-40)50(60-34-42-25-13-4-14-26-42)51(53(56)64-46)61-35-43-27-15-5-16-28-43/h1-30,45-56H,31-38H2/t45-,46-,47+,48-,49+,50+,51-,52-,53?,54+/m1/s1. The molecule has 0 radical (unpaired) electrons. The quantitative estimate of drug-likeness (QED) is 0.0691. The van der Waals surface area contributed by atoms with Crippen molar-refractivity contribution in [3.05, 3.63) is 215 Å². The van der Waals surface area contributed by atoms with Crippen LogP contribution < -0.4 is 0 Å². The van der Waals surface area contributed by atoms with Crippen molar-refractivity contribution in [3.63, 3.8) is 0 Å². The molecule has 2 aliphatic heterocycles. The average Bonchev–Trinajstić information content (AvgIpc) is 3.36. The Morgan fingerprint density at radius 3 is 1.11 bits per heavy atom. The summed E-state index contributed by atoms with van der Waals surface area (Å²) in [6.45, 7) is 1.30. The lowest BCUT2D eigenvalue weighted by Gasteiger charge is -2.46. The highest BCUT2D eigenvalue weighted by Crippen LogP contribution is 2.33. The molecular weight excluding hydrogens is 825 g/mol. The zero-order chi connectivity index (χ0) is 44.5. The minimum Gasteiger partial charge on any atom is -0.387 e. The molecule has 2 fully saturated rings. The monoisotopic (exact) mass is 882 g/mol.